The maximum Gasteiger partial charge on any atom is 0.292 e. The van der Waals surface area contributed by atoms with Gasteiger partial charge in [-0.2, -0.15) is 10.2 Å². The Balaban J connectivity index is 2.56. The van der Waals surface area contributed by atoms with Gasteiger partial charge in [-0.1, -0.05) is 24.7 Å². The zero-order valence-electron chi connectivity index (χ0n) is 11.1. The lowest BCUT2D eigenvalue weighted by molar-refractivity contribution is 0.405. The van der Waals surface area contributed by atoms with Gasteiger partial charge in [0.1, 0.15) is 11.6 Å². The molecule has 0 radical (unpaired) electrons. The summed E-state index contributed by atoms with van der Waals surface area (Å²) in [5, 5.41) is 28.5. The number of phenolic OH excluding ortho intramolecular Hbond substituents is 2. The largest absolute Gasteiger partial charge is 0.504 e. The Morgan fingerprint density at radius 1 is 1.38 bits per heavy atom. The molecule has 2 N–H and O–H groups in total. The van der Waals surface area contributed by atoms with Gasteiger partial charge in [0.15, 0.2) is 16.5 Å². The third-order valence-corrected chi connectivity index (χ3v) is 4.26. The standard InChI is InChI=1S/C14H11N3O3S/c1-2-3-8-7(6-15)13(20)16-14-17(8)9-4-10(18)11(19)5-12(9)21-14/h4-5,18-19H,2-3H2,1H3. The highest BCUT2D eigenvalue weighted by molar-refractivity contribution is 7.23. The fourth-order valence-corrected chi connectivity index (χ4v) is 3.40. The number of nitriles is 1. The van der Waals surface area contributed by atoms with E-state index in [1.807, 2.05) is 13.0 Å². The summed E-state index contributed by atoms with van der Waals surface area (Å²) in [6.07, 6.45) is 1.32. The Morgan fingerprint density at radius 3 is 2.76 bits per heavy atom. The number of aromatic nitrogens is 2. The summed E-state index contributed by atoms with van der Waals surface area (Å²) < 4.78 is 2.40. The van der Waals surface area contributed by atoms with Gasteiger partial charge >= 0.3 is 0 Å². The lowest BCUT2D eigenvalue weighted by Gasteiger charge is -2.07. The van der Waals surface area contributed by atoms with Crippen LogP contribution in [0.2, 0.25) is 0 Å². The fourth-order valence-electron chi connectivity index (χ4n) is 2.35. The van der Waals surface area contributed by atoms with E-state index in [-0.39, 0.29) is 17.1 Å². The molecule has 0 aliphatic rings. The van der Waals surface area contributed by atoms with Crippen LogP contribution in [0.3, 0.4) is 0 Å². The third kappa shape index (κ3) is 1.92. The van der Waals surface area contributed by atoms with Gasteiger partial charge in [0, 0.05) is 17.8 Å². The monoisotopic (exact) mass is 301 g/mol. The Morgan fingerprint density at radius 2 is 2.10 bits per heavy atom. The summed E-state index contributed by atoms with van der Waals surface area (Å²) in [5.74, 6) is -0.476. The maximum absolute atomic E-state index is 11.9. The van der Waals surface area contributed by atoms with Crippen LogP contribution in [0, 0.1) is 11.3 Å². The number of hydrogen-bond acceptors (Lipinski definition) is 6. The average Bonchev–Trinajstić information content (AvgIpc) is 2.76. The molecule has 1 aromatic carbocycles. The number of phenols is 2. The van der Waals surface area contributed by atoms with Crippen molar-refractivity contribution in [2.75, 3.05) is 0 Å². The average molecular weight is 301 g/mol. The van der Waals surface area contributed by atoms with Crippen molar-refractivity contribution >= 4 is 26.5 Å². The maximum atomic E-state index is 11.9. The lowest BCUT2D eigenvalue weighted by atomic mass is 10.1. The minimum Gasteiger partial charge on any atom is -0.504 e. The van der Waals surface area contributed by atoms with Crippen molar-refractivity contribution in [2.24, 2.45) is 0 Å². The molecule has 0 amide bonds. The molecular weight excluding hydrogens is 290 g/mol. The highest BCUT2D eigenvalue weighted by atomic mass is 32.1. The molecule has 0 spiro atoms. The number of benzene rings is 1. The summed E-state index contributed by atoms with van der Waals surface area (Å²) in [5.41, 5.74) is 0.701. The Bertz CT molecular complexity index is 966. The van der Waals surface area contributed by atoms with Gasteiger partial charge in [0.2, 0.25) is 0 Å². The van der Waals surface area contributed by atoms with Crippen LogP contribution in [0.1, 0.15) is 24.6 Å². The molecule has 3 aromatic rings. The van der Waals surface area contributed by atoms with Gasteiger partial charge < -0.3 is 10.2 Å². The number of aryl methyl sites for hydroxylation is 1. The molecule has 0 aliphatic heterocycles. The molecule has 0 bridgehead atoms. The smallest absolute Gasteiger partial charge is 0.292 e. The van der Waals surface area contributed by atoms with Gasteiger partial charge in [-0.05, 0) is 6.42 Å². The van der Waals surface area contributed by atoms with Crippen LogP contribution in [0.4, 0.5) is 0 Å². The van der Waals surface area contributed by atoms with Crippen molar-refractivity contribution < 1.29 is 10.2 Å². The van der Waals surface area contributed by atoms with Crippen molar-refractivity contribution in [3.05, 3.63) is 33.7 Å². The zero-order chi connectivity index (χ0) is 15.1. The summed E-state index contributed by atoms with van der Waals surface area (Å²) >= 11 is 1.23. The second kappa shape index (κ2) is 4.75. The highest BCUT2D eigenvalue weighted by Gasteiger charge is 2.17. The van der Waals surface area contributed by atoms with Gasteiger partial charge in [0.05, 0.1) is 10.2 Å². The fraction of sp³-hybridized carbons (Fsp3) is 0.214. The van der Waals surface area contributed by atoms with Gasteiger partial charge in [-0.25, -0.2) is 0 Å². The molecule has 7 heteroatoms. The quantitative estimate of drug-likeness (QED) is 0.707. The van der Waals surface area contributed by atoms with Crippen LogP contribution in [-0.4, -0.2) is 19.6 Å². The van der Waals surface area contributed by atoms with E-state index in [1.165, 1.54) is 23.5 Å². The summed E-state index contributed by atoms with van der Waals surface area (Å²) in [7, 11) is 0. The highest BCUT2D eigenvalue weighted by Crippen LogP contribution is 2.35. The topological polar surface area (TPSA) is 98.6 Å². The van der Waals surface area contributed by atoms with Crippen LogP contribution in [0.5, 0.6) is 11.5 Å². The first kappa shape index (κ1) is 13.4. The minimum atomic E-state index is -0.541. The molecule has 3 rings (SSSR count). The van der Waals surface area contributed by atoms with Crippen LogP contribution in [0.15, 0.2) is 16.9 Å². The molecule has 2 aromatic heterocycles. The van der Waals surface area contributed by atoms with Crippen LogP contribution < -0.4 is 5.56 Å². The normalized spacial score (nSPS) is 11.0. The first-order valence-corrected chi connectivity index (χ1v) is 7.18. The first-order chi connectivity index (χ1) is 10.1. The van der Waals surface area contributed by atoms with E-state index in [0.29, 0.717) is 27.3 Å². The summed E-state index contributed by atoms with van der Waals surface area (Å²) in [6, 6.07) is 4.76. The second-order valence-electron chi connectivity index (χ2n) is 4.63. The van der Waals surface area contributed by atoms with E-state index in [9.17, 15) is 20.3 Å². The van der Waals surface area contributed by atoms with Gasteiger partial charge in [0.25, 0.3) is 5.56 Å². The van der Waals surface area contributed by atoms with Crippen molar-refractivity contribution in [2.45, 2.75) is 19.8 Å². The first-order valence-electron chi connectivity index (χ1n) is 6.37. The molecular formula is C14H11N3O3S. The molecule has 2 heterocycles. The van der Waals surface area contributed by atoms with E-state index < -0.39 is 5.56 Å². The van der Waals surface area contributed by atoms with Gasteiger partial charge in [-0.3, -0.25) is 9.20 Å². The molecule has 21 heavy (non-hydrogen) atoms. The zero-order valence-corrected chi connectivity index (χ0v) is 11.9. The predicted octanol–water partition coefficient (Wildman–Crippen LogP) is 2.14. The second-order valence-corrected chi connectivity index (χ2v) is 5.64. The molecule has 0 saturated carbocycles. The molecule has 0 aliphatic carbocycles. The van der Waals surface area contributed by atoms with Crippen LogP contribution >= 0.6 is 11.3 Å². The number of nitrogens with zero attached hydrogens (tertiary/aromatic N) is 3. The van der Waals surface area contributed by atoms with Crippen molar-refractivity contribution in [3.8, 4) is 17.6 Å². The van der Waals surface area contributed by atoms with Crippen LogP contribution in [-0.2, 0) is 6.42 Å². The Hall–Kier alpha value is -2.59. The molecule has 0 fully saturated rings. The van der Waals surface area contributed by atoms with Crippen molar-refractivity contribution in [1.29, 1.82) is 5.26 Å². The molecule has 6 nitrogen and oxygen atoms in total. The lowest BCUT2D eigenvalue weighted by Crippen LogP contribution is -2.17. The minimum absolute atomic E-state index is 0.0293. The van der Waals surface area contributed by atoms with E-state index in [2.05, 4.69) is 4.98 Å². The van der Waals surface area contributed by atoms with E-state index in [4.69, 9.17) is 0 Å². The summed E-state index contributed by atoms with van der Waals surface area (Å²) in [6.45, 7) is 1.95. The SMILES string of the molecule is CCCc1c(C#N)c(=O)nc2sc3cc(O)c(O)cc3n12. The van der Waals surface area contributed by atoms with E-state index in [1.54, 1.807) is 4.40 Å². The van der Waals surface area contributed by atoms with Crippen molar-refractivity contribution in [3.63, 3.8) is 0 Å². The molecule has 106 valence electrons. The molecule has 0 atom stereocenters. The number of fused-ring (bicyclic) bond motifs is 3. The number of thiazole rings is 1. The molecule has 0 unspecified atom stereocenters. The number of aromatic hydroxyl groups is 2. The van der Waals surface area contributed by atoms with Crippen molar-refractivity contribution in [1.82, 2.24) is 9.38 Å². The number of hydrogen-bond donors (Lipinski definition) is 2. The van der Waals surface area contributed by atoms with Crippen LogP contribution in [0.25, 0.3) is 15.2 Å². The van der Waals surface area contributed by atoms with E-state index >= 15 is 0 Å². The number of rotatable bonds is 2. The third-order valence-electron chi connectivity index (χ3n) is 3.26. The summed E-state index contributed by atoms with van der Waals surface area (Å²) in [4.78, 5) is 16.3. The predicted molar refractivity (Wildman–Crippen MR) is 78.9 cm³/mol. The molecule has 0 saturated heterocycles. The van der Waals surface area contributed by atoms with Gasteiger partial charge in [-0.15, -0.1) is 0 Å². The van der Waals surface area contributed by atoms with E-state index in [0.717, 1.165) is 6.42 Å². The Labute approximate surface area is 123 Å². The Kier molecular flexibility index (Phi) is 3.03.